The molecule has 2 aliphatic rings. The predicted octanol–water partition coefficient (Wildman–Crippen LogP) is 1.73. The Morgan fingerprint density at radius 1 is 1.00 bits per heavy atom. The van der Waals surface area contributed by atoms with Gasteiger partial charge < -0.3 is 19.8 Å². The molecule has 0 aromatic rings. The van der Waals surface area contributed by atoms with Gasteiger partial charge in [-0.25, -0.2) is 4.79 Å². The lowest BCUT2D eigenvalue weighted by Crippen LogP contribution is -2.35. The molecule has 0 aromatic carbocycles. The van der Waals surface area contributed by atoms with E-state index in [1.165, 1.54) is 4.90 Å². The molecule has 1 aliphatic carbocycles. The Bertz CT molecular complexity index is 511. The molecule has 2 rings (SSSR count). The fourth-order valence-corrected chi connectivity index (χ4v) is 2.95. The Balaban J connectivity index is 2.09. The number of aliphatic carboxylic acids is 2. The van der Waals surface area contributed by atoms with Crippen molar-refractivity contribution in [1.29, 1.82) is 0 Å². The fraction of sp³-hybridized carbons (Fsp3) is 0.667. The summed E-state index contributed by atoms with van der Waals surface area (Å²) in [7, 11) is 0. The first-order valence-corrected chi connectivity index (χ1v) is 7.22. The third-order valence-electron chi connectivity index (χ3n) is 3.97. The summed E-state index contributed by atoms with van der Waals surface area (Å²) in [6.07, 6.45) is -0.0948. The summed E-state index contributed by atoms with van der Waals surface area (Å²) in [5, 5.41) is 18.4. The Hall–Kier alpha value is -2.05. The van der Waals surface area contributed by atoms with E-state index in [4.69, 9.17) is 4.74 Å². The van der Waals surface area contributed by atoms with Gasteiger partial charge in [-0.05, 0) is 44.8 Å². The molecule has 0 bridgehead atoms. The number of rotatable bonds is 2. The van der Waals surface area contributed by atoms with Crippen LogP contribution in [-0.2, 0) is 14.3 Å². The van der Waals surface area contributed by atoms with Crippen molar-refractivity contribution in [2.24, 2.45) is 11.8 Å². The molecule has 0 saturated heterocycles. The van der Waals surface area contributed by atoms with Crippen LogP contribution < -0.4 is 0 Å². The normalized spacial score (nSPS) is 25.0. The van der Waals surface area contributed by atoms with E-state index >= 15 is 0 Å². The minimum atomic E-state index is -1.10. The molecule has 7 heteroatoms. The van der Waals surface area contributed by atoms with Crippen molar-refractivity contribution in [3.8, 4) is 0 Å². The van der Waals surface area contributed by atoms with Gasteiger partial charge >= 0.3 is 18.0 Å². The van der Waals surface area contributed by atoms with Gasteiger partial charge in [0, 0.05) is 13.1 Å². The van der Waals surface area contributed by atoms with Crippen LogP contribution >= 0.6 is 0 Å². The van der Waals surface area contributed by atoms with Crippen molar-refractivity contribution in [3.05, 3.63) is 11.1 Å². The van der Waals surface area contributed by atoms with E-state index in [2.05, 4.69) is 0 Å². The quantitative estimate of drug-likeness (QED) is 0.753. The van der Waals surface area contributed by atoms with Crippen molar-refractivity contribution >= 4 is 18.0 Å². The first-order chi connectivity index (χ1) is 10.1. The van der Waals surface area contributed by atoms with Crippen LogP contribution in [0.5, 0.6) is 0 Å². The molecular formula is C15H21NO6. The van der Waals surface area contributed by atoms with E-state index in [9.17, 15) is 24.6 Å². The lowest BCUT2D eigenvalue weighted by molar-refractivity contribution is -0.154. The van der Waals surface area contributed by atoms with Crippen molar-refractivity contribution in [3.63, 3.8) is 0 Å². The molecule has 0 spiro atoms. The molecule has 0 saturated carbocycles. The number of amides is 1. The fourth-order valence-electron chi connectivity index (χ4n) is 2.95. The Morgan fingerprint density at radius 2 is 1.41 bits per heavy atom. The molecule has 0 aromatic heterocycles. The van der Waals surface area contributed by atoms with Crippen LogP contribution in [0.1, 0.15) is 33.6 Å². The summed E-state index contributed by atoms with van der Waals surface area (Å²) in [4.78, 5) is 36.1. The van der Waals surface area contributed by atoms with Crippen LogP contribution in [-0.4, -0.2) is 51.8 Å². The number of carbonyl (C=O) groups is 3. The van der Waals surface area contributed by atoms with Crippen molar-refractivity contribution in [1.82, 2.24) is 4.90 Å². The Kier molecular flexibility index (Phi) is 4.17. The zero-order valence-corrected chi connectivity index (χ0v) is 13.0. The van der Waals surface area contributed by atoms with E-state index in [1.807, 2.05) is 0 Å². The monoisotopic (exact) mass is 311 g/mol. The van der Waals surface area contributed by atoms with E-state index < -0.39 is 35.5 Å². The summed E-state index contributed by atoms with van der Waals surface area (Å²) in [5.74, 6) is -4.07. The number of carboxylic acids is 2. The average Bonchev–Trinajstić information content (AvgIpc) is 2.77. The van der Waals surface area contributed by atoms with E-state index in [0.29, 0.717) is 13.1 Å². The molecule has 0 unspecified atom stereocenters. The van der Waals surface area contributed by atoms with E-state index in [0.717, 1.165) is 11.1 Å². The van der Waals surface area contributed by atoms with Crippen LogP contribution in [0.25, 0.3) is 0 Å². The van der Waals surface area contributed by atoms with Gasteiger partial charge in [-0.15, -0.1) is 0 Å². The number of ether oxygens (including phenoxy) is 1. The van der Waals surface area contributed by atoms with Gasteiger partial charge in [-0.1, -0.05) is 0 Å². The highest BCUT2D eigenvalue weighted by Gasteiger charge is 2.42. The molecular weight excluding hydrogens is 290 g/mol. The number of hydrogen-bond donors (Lipinski definition) is 2. The van der Waals surface area contributed by atoms with Crippen LogP contribution in [0.2, 0.25) is 0 Å². The molecule has 1 heterocycles. The third-order valence-corrected chi connectivity index (χ3v) is 3.97. The minimum absolute atomic E-state index is 0.181. The van der Waals surface area contributed by atoms with Gasteiger partial charge in [-0.3, -0.25) is 9.59 Å². The van der Waals surface area contributed by atoms with Crippen LogP contribution in [0, 0.1) is 11.8 Å². The highest BCUT2D eigenvalue weighted by Crippen LogP contribution is 2.38. The zero-order valence-electron chi connectivity index (χ0n) is 13.0. The van der Waals surface area contributed by atoms with E-state index in [-0.39, 0.29) is 12.8 Å². The maximum Gasteiger partial charge on any atom is 0.410 e. The second kappa shape index (κ2) is 5.62. The molecule has 2 N–H and O–H groups in total. The van der Waals surface area contributed by atoms with Gasteiger partial charge in [0.25, 0.3) is 0 Å². The highest BCUT2D eigenvalue weighted by atomic mass is 16.6. The molecule has 1 amide bonds. The summed E-state index contributed by atoms with van der Waals surface area (Å²) in [5.41, 5.74) is 1.11. The van der Waals surface area contributed by atoms with Gasteiger partial charge in [0.05, 0.1) is 11.8 Å². The lowest BCUT2D eigenvalue weighted by Gasteiger charge is -2.26. The third kappa shape index (κ3) is 3.40. The average molecular weight is 311 g/mol. The van der Waals surface area contributed by atoms with Gasteiger partial charge in [-0.2, -0.15) is 0 Å². The van der Waals surface area contributed by atoms with Gasteiger partial charge in [0.15, 0.2) is 0 Å². The topological polar surface area (TPSA) is 104 Å². The molecule has 122 valence electrons. The van der Waals surface area contributed by atoms with Crippen molar-refractivity contribution in [2.45, 2.75) is 39.2 Å². The molecule has 1 aliphatic heterocycles. The summed E-state index contributed by atoms with van der Waals surface area (Å²) < 4.78 is 5.30. The Morgan fingerprint density at radius 3 is 1.73 bits per heavy atom. The van der Waals surface area contributed by atoms with Crippen LogP contribution in [0.3, 0.4) is 0 Å². The Labute approximate surface area is 128 Å². The first-order valence-electron chi connectivity index (χ1n) is 7.22. The van der Waals surface area contributed by atoms with Crippen LogP contribution in [0.4, 0.5) is 4.79 Å². The SMILES string of the molecule is CC(C)(C)OC(=O)N1CC2=C(C[C@@H](C(=O)O)[C@@H](C(=O)O)C2)C1. The number of hydrogen-bond acceptors (Lipinski definition) is 4. The van der Waals surface area contributed by atoms with E-state index in [1.54, 1.807) is 20.8 Å². The molecule has 7 nitrogen and oxygen atoms in total. The second-order valence-corrected chi connectivity index (χ2v) is 6.84. The minimum Gasteiger partial charge on any atom is -0.481 e. The number of nitrogens with zero attached hydrogens (tertiary/aromatic N) is 1. The first kappa shape index (κ1) is 16.3. The second-order valence-electron chi connectivity index (χ2n) is 6.84. The predicted molar refractivity (Wildman–Crippen MR) is 76.3 cm³/mol. The van der Waals surface area contributed by atoms with Crippen molar-refractivity contribution in [2.75, 3.05) is 13.1 Å². The largest absolute Gasteiger partial charge is 0.481 e. The highest BCUT2D eigenvalue weighted by molar-refractivity contribution is 5.81. The molecule has 0 radical (unpaired) electrons. The summed E-state index contributed by atoms with van der Waals surface area (Å²) >= 11 is 0. The number of carboxylic acid groups (broad SMARTS) is 2. The number of carbonyl (C=O) groups excluding carboxylic acids is 1. The molecule has 22 heavy (non-hydrogen) atoms. The standard InChI is InChI=1S/C15H21NO6/c1-15(2,3)22-14(21)16-6-8-4-10(12(17)18)11(13(19)20)5-9(8)7-16/h10-11H,4-7H2,1-3H3,(H,17,18)(H,19,20)/t10-,11+. The summed E-state index contributed by atoms with van der Waals surface area (Å²) in [6, 6.07) is 0. The maximum absolute atomic E-state index is 12.1. The van der Waals surface area contributed by atoms with Crippen molar-refractivity contribution < 1.29 is 29.3 Å². The zero-order chi connectivity index (χ0) is 16.7. The van der Waals surface area contributed by atoms with Gasteiger partial charge in [0.2, 0.25) is 0 Å². The molecule has 2 atom stereocenters. The molecule has 0 fully saturated rings. The smallest absolute Gasteiger partial charge is 0.410 e. The maximum atomic E-state index is 12.1. The van der Waals surface area contributed by atoms with Gasteiger partial charge in [0.1, 0.15) is 5.60 Å². The lowest BCUT2D eigenvalue weighted by atomic mass is 9.76. The summed E-state index contributed by atoms with van der Waals surface area (Å²) in [6.45, 7) is 5.96. The van der Waals surface area contributed by atoms with Crippen LogP contribution in [0.15, 0.2) is 11.1 Å².